The number of hydrogen-bond donors (Lipinski definition) is 0. The van der Waals surface area contributed by atoms with E-state index in [-0.39, 0.29) is 0 Å². The van der Waals surface area contributed by atoms with Gasteiger partial charge in [0.1, 0.15) is 13.0 Å². The number of hydrogen-bond acceptors (Lipinski definition) is 1. The second-order valence-electron chi connectivity index (χ2n) is 1.26. The lowest BCUT2D eigenvalue weighted by Crippen LogP contribution is -1.80. The first-order chi connectivity index (χ1) is 4.72. The maximum atomic E-state index is 12.0. The van der Waals surface area contributed by atoms with E-state index >= 15 is 0 Å². The van der Waals surface area contributed by atoms with Gasteiger partial charge in [-0.2, -0.15) is 4.39 Å². The average Bonchev–Trinajstić information content (AvgIpc) is 1.98. The zero-order valence-corrected chi connectivity index (χ0v) is 5.02. The molecule has 0 heterocycles. The predicted molar refractivity (Wildman–Crippen MR) is 33.3 cm³/mol. The molecule has 0 spiro atoms. The average molecular weight is 150 g/mol. The molecule has 0 atom stereocenters. The summed E-state index contributed by atoms with van der Waals surface area (Å²) in [6, 6.07) is 0. The molecule has 0 aliphatic rings. The Morgan fingerprint density at radius 2 is 2.10 bits per heavy atom. The summed E-state index contributed by atoms with van der Waals surface area (Å²) in [5.74, 6) is -3.05. The van der Waals surface area contributed by atoms with Crippen LogP contribution >= 0.6 is 0 Å². The molecule has 56 valence electrons. The summed E-state index contributed by atoms with van der Waals surface area (Å²) in [4.78, 5) is 5.74. The summed E-state index contributed by atoms with van der Waals surface area (Å²) in [7, 11) is 0. The summed E-state index contributed by atoms with van der Waals surface area (Å²) in [6.45, 7) is 1.41. The van der Waals surface area contributed by atoms with Crippen LogP contribution in [-0.4, -0.2) is 19.7 Å². The third-order valence-corrected chi connectivity index (χ3v) is 0.594. The molecule has 0 aromatic carbocycles. The summed E-state index contributed by atoms with van der Waals surface area (Å²) in [5, 5.41) is 0. The van der Waals surface area contributed by atoms with Crippen LogP contribution in [0.15, 0.2) is 21.8 Å². The molecule has 5 heteroatoms. The monoisotopic (exact) mass is 150 g/mol. The van der Waals surface area contributed by atoms with E-state index in [1.807, 2.05) is 0 Å². The van der Waals surface area contributed by atoms with Gasteiger partial charge >= 0.3 is 0 Å². The Labute approximate surface area is 55.8 Å². The van der Waals surface area contributed by atoms with E-state index in [4.69, 9.17) is 0 Å². The van der Waals surface area contributed by atoms with Crippen molar-refractivity contribution in [1.29, 1.82) is 0 Å². The third-order valence-electron chi connectivity index (χ3n) is 0.594. The Hall–Kier alpha value is -1.13. The fraction of sp³-hybridized carbons (Fsp3) is 0.200. The van der Waals surface area contributed by atoms with E-state index in [2.05, 4.69) is 16.7 Å². The minimum atomic E-state index is -1.54. The molecule has 0 unspecified atom stereocenters. The highest BCUT2D eigenvalue weighted by atomic mass is 19.2. The molecule has 0 saturated carbocycles. The summed E-state index contributed by atoms with van der Waals surface area (Å²) in [6.07, 6.45) is 0.685. The standard InChI is InChI=1S/C5H5F3N2/c1-9-3-10-5(8)4(7)2-6/h3H,1-2H2/b5-4+,10-3?. The van der Waals surface area contributed by atoms with Crippen LogP contribution in [0, 0.1) is 0 Å². The van der Waals surface area contributed by atoms with E-state index in [0.717, 1.165) is 0 Å². The summed E-state index contributed by atoms with van der Waals surface area (Å²) >= 11 is 0. The van der Waals surface area contributed by atoms with Gasteiger partial charge in [-0.15, -0.1) is 0 Å². The molecule has 0 N–H and O–H groups in total. The fourth-order valence-electron chi connectivity index (χ4n) is 0.217. The number of nitrogens with zero attached hydrogens (tertiary/aromatic N) is 2. The van der Waals surface area contributed by atoms with Crippen LogP contribution in [-0.2, 0) is 0 Å². The maximum Gasteiger partial charge on any atom is 0.248 e. The van der Waals surface area contributed by atoms with Crippen LogP contribution in [0.1, 0.15) is 0 Å². The highest BCUT2D eigenvalue weighted by Gasteiger charge is 2.01. The first-order valence-electron chi connectivity index (χ1n) is 2.31. The van der Waals surface area contributed by atoms with E-state index in [0.29, 0.717) is 6.34 Å². The van der Waals surface area contributed by atoms with Crippen LogP contribution in [0.25, 0.3) is 0 Å². The Morgan fingerprint density at radius 3 is 2.50 bits per heavy atom. The molecule has 0 saturated heterocycles. The number of allylic oxidation sites excluding steroid dienone is 1. The van der Waals surface area contributed by atoms with Gasteiger partial charge in [0, 0.05) is 0 Å². The molecule has 0 aliphatic carbocycles. The van der Waals surface area contributed by atoms with Crippen molar-refractivity contribution in [2.24, 2.45) is 9.98 Å². The van der Waals surface area contributed by atoms with Gasteiger partial charge in [-0.05, 0) is 6.72 Å². The Morgan fingerprint density at radius 1 is 1.50 bits per heavy atom. The molecule has 0 aromatic heterocycles. The molecule has 2 nitrogen and oxygen atoms in total. The molecule has 0 radical (unpaired) electrons. The first-order valence-corrected chi connectivity index (χ1v) is 2.31. The molecule has 0 amide bonds. The highest BCUT2D eigenvalue weighted by molar-refractivity contribution is 5.62. The van der Waals surface area contributed by atoms with Crippen molar-refractivity contribution in [3.05, 3.63) is 11.8 Å². The molecular weight excluding hydrogens is 145 g/mol. The second-order valence-corrected chi connectivity index (χ2v) is 1.26. The van der Waals surface area contributed by atoms with Crippen molar-refractivity contribution < 1.29 is 13.2 Å². The largest absolute Gasteiger partial charge is 0.253 e. The molecule has 0 bridgehead atoms. The Balaban J connectivity index is 4.17. The lowest BCUT2D eigenvalue weighted by Gasteiger charge is -1.85. The van der Waals surface area contributed by atoms with Gasteiger partial charge in [-0.3, -0.25) is 4.99 Å². The molecule has 0 rings (SSSR count). The molecule has 0 aromatic rings. The zero-order valence-electron chi connectivity index (χ0n) is 5.02. The van der Waals surface area contributed by atoms with Crippen molar-refractivity contribution >= 4 is 13.1 Å². The van der Waals surface area contributed by atoms with Gasteiger partial charge in [-0.25, -0.2) is 13.8 Å². The highest BCUT2D eigenvalue weighted by Crippen LogP contribution is 2.08. The summed E-state index contributed by atoms with van der Waals surface area (Å²) in [5.41, 5.74) is 0. The first kappa shape index (κ1) is 8.87. The zero-order chi connectivity index (χ0) is 7.98. The quantitative estimate of drug-likeness (QED) is 0.333. The number of halogens is 3. The minimum absolute atomic E-state index is 0.685. The predicted octanol–water partition coefficient (Wildman–Crippen LogP) is 1.79. The molecule has 10 heavy (non-hydrogen) atoms. The lowest BCUT2D eigenvalue weighted by atomic mass is 10.6. The Bertz CT molecular complexity index is 174. The minimum Gasteiger partial charge on any atom is -0.253 e. The van der Waals surface area contributed by atoms with Gasteiger partial charge in [-0.1, -0.05) is 0 Å². The van der Waals surface area contributed by atoms with E-state index in [1.165, 1.54) is 0 Å². The van der Waals surface area contributed by atoms with Crippen molar-refractivity contribution in [2.45, 2.75) is 0 Å². The topological polar surface area (TPSA) is 24.7 Å². The van der Waals surface area contributed by atoms with Crippen molar-refractivity contribution in [2.75, 3.05) is 6.67 Å². The molecule has 0 fully saturated rings. The van der Waals surface area contributed by atoms with Crippen LogP contribution < -0.4 is 0 Å². The van der Waals surface area contributed by atoms with Gasteiger partial charge in [0.05, 0.1) is 0 Å². The number of aliphatic imine (C=N–C) groups is 2. The van der Waals surface area contributed by atoms with Crippen LogP contribution in [0.2, 0.25) is 0 Å². The van der Waals surface area contributed by atoms with Crippen LogP contribution in [0.3, 0.4) is 0 Å². The SMILES string of the molecule is C=NC=N/C(F)=C(/F)CF. The van der Waals surface area contributed by atoms with Crippen LogP contribution in [0.5, 0.6) is 0 Å². The van der Waals surface area contributed by atoms with Crippen LogP contribution in [0.4, 0.5) is 13.2 Å². The normalized spacial score (nSPS) is 13.5. The van der Waals surface area contributed by atoms with E-state index in [1.54, 1.807) is 0 Å². The van der Waals surface area contributed by atoms with Crippen molar-refractivity contribution in [3.63, 3.8) is 0 Å². The molecular formula is C5H5F3N2. The maximum absolute atomic E-state index is 12.0. The van der Waals surface area contributed by atoms with Gasteiger partial charge < -0.3 is 0 Å². The van der Waals surface area contributed by atoms with Gasteiger partial charge in [0.15, 0.2) is 5.83 Å². The van der Waals surface area contributed by atoms with E-state index in [9.17, 15) is 13.2 Å². The Kier molecular flexibility index (Phi) is 4.19. The van der Waals surface area contributed by atoms with Gasteiger partial charge in [0.2, 0.25) is 5.95 Å². The van der Waals surface area contributed by atoms with Crippen molar-refractivity contribution in [3.8, 4) is 0 Å². The number of rotatable bonds is 3. The second kappa shape index (κ2) is 4.72. The number of alkyl halides is 1. The molecule has 0 aliphatic heterocycles. The fourth-order valence-corrected chi connectivity index (χ4v) is 0.217. The van der Waals surface area contributed by atoms with Gasteiger partial charge in [0.25, 0.3) is 0 Å². The third kappa shape index (κ3) is 3.01. The van der Waals surface area contributed by atoms with Crippen molar-refractivity contribution in [1.82, 2.24) is 0 Å². The van der Waals surface area contributed by atoms with E-state index < -0.39 is 18.5 Å². The lowest BCUT2D eigenvalue weighted by molar-refractivity contribution is 0.426. The smallest absolute Gasteiger partial charge is 0.248 e. The summed E-state index contributed by atoms with van der Waals surface area (Å²) < 4.78 is 35.0.